The molecule has 0 fully saturated rings. The minimum Gasteiger partial charge on any atom is -0.179 e. The van der Waals surface area contributed by atoms with Crippen LogP contribution < -0.4 is 0 Å². The SMILES string of the molecule is CCCCCCCCCCCCS.CCCCCCCCCCCCS.O=[P+](O)O. The second kappa shape index (κ2) is 37.1. The second-order valence-electron chi connectivity index (χ2n) is 8.06. The van der Waals surface area contributed by atoms with Crippen LogP contribution >= 0.6 is 33.5 Å². The summed E-state index contributed by atoms with van der Waals surface area (Å²) in [6.07, 6.45) is 28.4. The third kappa shape index (κ3) is 51.4. The van der Waals surface area contributed by atoms with Crippen molar-refractivity contribution in [2.75, 3.05) is 11.5 Å². The molecular formula is C24H54O3PS2+. The van der Waals surface area contributed by atoms with Gasteiger partial charge in [0.25, 0.3) is 0 Å². The molecule has 0 aromatic rings. The molecule has 30 heavy (non-hydrogen) atoms. The van der Waals surface area contributed by atoms with E-state index in [0.717, 1.165) is 11.5 Å². The molecule has 0 unspecified atom stereocenters. The first-order valence-electron chi connectivity index (χ1n) is 12.6. The maximum Gasteiger partial charge on any atom is 0.692 e. The third-order valence-corrected chi connectivity index (χ3v) is 5.66. The van der Waals surface area contributed by atoms with Gasteiger partial charge in [0.2, 0.25) is 0 Å². The van der Waals surface area contributed by atoms with E-state index in [2.05, 4.69) is 39.1 Å². The third-order valence-electron chi connectivity index (χ3n) is 5.02. The molecule has 0 heterocycles. The molecule has 0 bridgehead atoms. The Morgan fingerprint density at radius 3 is 0.800 bits per heavy atom. The van der Waals surface area contributed by atoms with Crippen molar-refractivity contribution in [2.24, 2.45) is 0 Å². The Hall–Kier alpha value is 0.720. The van der Waals surface area contributed by atoms with Crippen molar-refractivity contribution in [1.29, 1.82) is 0 Å². The van der Waals surface area contributed by atoms with E-state index in [1.54, 1.807) is 0 Å². The number of unbranched alkanes of at least 4 members (excludes halogenated alkanes) is 18. The monoisotopic (exact) mass is 485 g/mol. The van der Waals surface area contributed by atoms with Crippen LogP contribution in [-0.2, 0) is 4.57 Å². The molecule has 0 atom stereocenters. The number of hydrogen-bond acceptors (Lipinski definition) is 3. The van der Waals surface area contributed by atoms with Gasteiger partial charge in [-0.15, -0.1) is 9.79 Å². The molecule has 2 N–H and O–H groups in total. The summed E-state index contributed by atoms with van der Waals surface area (Å²) in [6.45, 7) is 4.55. The Kier molecular flexibility index (Phi) is 43.6. The highest BCUT2D eigenvalue weighted by atomic mass is 32.1. The van der Waals surface area contributed by atoms with Crippen molar-refractivity contribution >= 4 is 33.5 Å². The van der Waals surface area contributed by atoms with Gasteiger partial charge >= 0.3 is 8.25 Å². The average molecular weight is 486 g/mol. The molecule has 3 nitrogen and oxygen atoms in total. The zero-order valence-corrected chi connectivity index (χ0v) is 22.9. The molecule has 0 rings (SSSR count). The number of rotatable bonds is 20. The number of hydrogen-bond donors (Lipinski definition) is 4. The summed E-state index contributed by atoms with van der Waals surface area (Å²) < 4.78 is 8.70. The maximum absolute atomic E-state index is 8.70. The molecule has 0 aliphatic heterocycles. The van der Waals surface area contributed by atoms with Gasteiger partial charge < -0.3 is 0 Å². The van der Waals surface area contributed by atoms with E-state index < -0.39 is 8.25 Å². The molecule has 0 amide bonds. The van der Waals surface area contributed by atoms with Gasteiger partial charge in [-0.05, 0) is 24.3 Å². The number of thiol groups is 2. The highest BCUT2D eigenvalue weighted by Gasteiger charge is 1.93. The minimum atomic E-state index is -2.87. The van der Waals surface area contributed by atoms with Crippen molar-refractivity contribution in [2.45, 2.75) is 142 Å². The fraction of sp³-hybridized carbons (Fsp3) is 1.00. The van der Waals surface area contributed by atoms with Crippen LogP contribution in [0.2, 0.25) is 0 Å². The Morgan fingerprint density at radius 2 is 0.633 bits per heavy atom. The Labute approximate surface area is 201 Å². The fourth-order valence-corrected chi connectivity index (χ4v) is 3.65. The summed E-state index contributed by atoms with van der Waals surface area (Å²) in [6, 6.07) is 0. The van der Waals surface area contributed by atoms with Crippen LogP contribution in [-0.4, -0.2) is 21.3 Å². The smallest absolute Gasteiger partial charge is 0.179 e. The van der Waals surface area contributed by atoms with Crippen LogP contribution in [0.5, 0.6) is 0 Å². The van der Waals surface area contributed by atoms with Crippen molar-refractivity contribution in [3.8, 4) is 0 Å². The molecule has 0 radical (unpaired) electrons. The van der Waals surface area contributed by atoms with E-state index in [-0.39, 0.29) is 0 Å². The van der Waals surface area contributed by atoms with Gasteiger partial charge in [-0.1, -0.05) is 129 Å². The predicted molar refractivity (Wildman–Crippen MR) is 143 cm³/mol. The van der Waals surface area contributed by atoms with E-state index in [0.29, 0.717) is 0 Å². The predicted octanol–water partition coefficient (Wildman–Crippen LogP) is 9.30. The summed E-state index contributed by atoms with van der Waals surface area (Å²) in [5, 5.41) is 0. The minimum absolute atomic E-state index is 1.07. The zero-order chi connectivity index (χ0) is 23.1. The van der Waals surface area contributed by atoms with Gasteiger partial charge in [0.05, 0.1) is 0 Å². The van der Waals surface area contributed by atoms with Gasteiger partial charge in [0.1, 0.15) is 0 Å². The van der Waals surface area contributed by atoms with Crippen molar-refractivity contribution < 1.29 is 14.4 Å². The first-order chi connectivity index (χ1) is 14.6. The quantitative estimate of drug-likeness (QED) is 0.0789. The van der Waals surface area contributed by atoms with Gasteiger partial charge in [0.15, 0.2) is 0 Å². The van der Waals surface area contributed by atoms with Crippen molar-refractivity contribution in [3.05, 3.63) is 0 Å². The Bertz CT molecular complexity index is 250. The van der Waals surface area contributed by atoms with Crippen molar-refractivity contribution in [1.82, 2.24) is 0 Å². The fourth-order valence-electron chi connectivity index (χ4n) is 3.20. The van der Waals surface area contributed by atoms with Gasteiger partial charge in [-0.2, -0.15) is 25.3 Å². The molecule has 184 valence electrons. The maximum atomic E-state index is 8.70. The van der Waals surface area contributed by atoms with Crippen LogP contribution in [0, 0.1) is 0 Å². The summed E-state index contributed by atoms with van der Waals surface area (Å²) >= 11 is 8.40. The molecule has 0 aliphatic rings. The van der Waals surface area contributed by atoms with Crippen molar-refractivity contribution in [3.63, 3.8) is 0 Å². The van der Waals surface area contributed by atoms with Gasteiger partial charge in [0, 0.05) is 4.57 Å². The lowest BCUT2D eigenvalue weighted by Crippen LogP contribution is -1.81. The summed E-state index contributed by atoms with van der Waals surface area (Å²) in [5.74, 6) is 2.13. The topological polar surface area (TPSA) is 57.5 Å². The van der Waals surface area contributed by atoms with Crippen LogP contribution in [0.1, 0.15) is 142 Å². The lowest BCUT2D eigenvalue weighted by atomic mass is 10.1. The standard InChI is InChI=1S/2C12H26S.HO3P/c2*1-2-3-4-5-6-7-8-9-10-11-12-13;1-4(2)3/h2*13H,2-12H2,1H3;(H-,1,2,3)/p+1. The molecule has 0 saturated heterocycles. The molecule has 0 aromatic carbocycles. The molecular weight excluding hydrogens is 431 g/mol. The molecule has 0 aliphatic carbocycles. The van der Waals surface area contributed by atoms with Gasteiger partial charge in [-0.25, -0.2) is 0 Å². The average Bonchev–Trinajstić information content (AvgIpc) is 2.71. The van der Waals surface area contributed by atoms with E-state index in [4.69, 9.17) is 14.4 Å². The second-order valence-corrected chi connectivity index (χ2v) is 9.46. The zero-order valence-electron chi connectivity index (χ0n) is 20.2. The highest BCUT2D eigenvalue weighted by molar-refractivity contribution is 7.80. The summed E-state index contributed by atoms with van der Waals surface area (Å²) in [7, 11) is -2.87. The molecule has 6 heteroatoms. The highest BCUT2D eigenvalue weighted by Crippen LogP contribution is 2.11. The lowest BCUT2D eigenvalue weighted by molar-refractivity contribution is 0.405. The first-order valence-corrected chi connectivity index (χ1v) is 15.1. The summed E-state index contributed by atoms with van der Waals surface area (Å²) in [4.78, 5) is 14.2. The molecule has 0 saturated carbocycles. The molecule has 0 spiro atoms. The summed E-state index contributed by atoms with van der Waals surface area (Å²) in [5.41, 5.74) is 0. The van der Waals surface area contributed by atoms with E-state index in [1.807, 2.05) is 0 Å². The Balaban J connectivity index is -0.000000412. The van der Waals surface area contributed by atoms with E-state index in [1.165, 1.54) is 128 Å². The first kappa shape index (κ1) is 35.3. The Morgan fingerprint density at radius 1 is 0.467 bits per heavy atom. The van der Waals surface area contributed by atoms with Crippen LogP contribution in [0.4, 0.5) is 0 Å². The van der Waals surface area contributed by atoms with Crippen LogP contribution in [0.25, 0.3) is 0 Å². The van der Waals surface area contributed by atoms with E-state index >= 15 is 0 Å². The van der Waals surface area contributed by atoms with Crippen LogP contribution in [0.15, 0.2) is 0 Å². The van der Waals surface area contributed by atoms with Crippen LogP contribution in [0.3, 0.4) is 0 Å². The largest absolute Gasteiger partial charge is 0.692 e. The van der Waals surface area contributed by atoms with E-state index in [9.17, 15) is 0 Å². The van der Waals surface area contributed by atoms with Gasteiger partial charge in [-0.3, -0.25) is 0 Å². The normalized spacial score (nSPS) is 10.1. The molecule has 0 aromatic heterocycles. The lowest BCUT2D eigenvalue weighted by Gasteiger charge is -2.00.